The summed E-state index contributed by atoms with van der Waals surface area (Å²) in [4.78, 5) is 25.9. The molecule has 2 aliphatic heterocycles. The molecule has 1 atom stereocenters. The SMILES string of the molecule is O=C(c1nc(N2CCCC2)ncc1Cl)N1CCCC(COc2ccccc2)C1. The third kappa shape index (κ3) is 4.38. The number of likely N-dealkylation sites (tertiary alicyclic amines) is 1. The highest BCUT2D eigenvalue weighted by molar-refractivity contribution is 6.33. The first-order valence-corrected chi connectivity index (χ1v) is 10.3. The molecule has 1 unspecified atom stereocenters. The quantitative estimate of drug-likeness (QED) is 0.766. The number of anilines is 1. The van der Waals surface area contributed by atoms with E-state index in [0.717, 1.165) is 51.1 Å². The van der Waals surface area contributed by atoms with Gasteiger partial charge in [-0.1, -0.05) is 29.8 Å². The second-order valence-electron chi connectivity index (χ2n) is 7.44. The Labute approximate surface area is 170 Å². The van der Waals surface area contributed by atoms with Gasteiger partial charge in [0, 0.05) is 32.1 Å². The lowest BCUT2D eigenvalue weighted by atomic mass is 9.98. The summed E-state index contributed by atoms with van der Waals surface area (Å²) >= 11 is 6.28. The molecule has 1 aromatic carbocycles. The van der Waals surface area contributed by atoms with E-state index < -0.39 is 0 Å². The monoisotopic (exact) mass is 400 g/mol. The van der Waals surface area contributed by atoms with Gasteiger partial charge in [-0.3, -0.25) is 4.79 Å². The van der Waals surface area contributed by atoms with Crippen LogP contribution in [-0.2, 0) is 0 Å². The lowest BCUT2D eigenvalue weighted by Crippen LogP contribution is -2.42. The second kappa shape index (κ2) is 8.78. The lowest BCUT2D eigenvalue weighted by molar-refractivity contribution is 0.0627. The highest BCUT2D eigenvalue weighted by atomic mass is 35.5. The molecule has 7 heteroatoms. The summed E-state index contributed by atoms with van der Waals surface area (Å²) in [5, 5.41) is 0.315. The fourth-order valence-electron chi connectivity index (χ4n) is 3.84. The molecule has 0 N–H and O–H groups in total. The smallest absolute Gasteiger partial charge is 0.274 e. The van der Waals surface area contributed by atoms with Crippen molar-refractivity contribution in [2.24, 2.45) is 5.92 Å². The predicted molar refractivity (Wildman–Crippen MR) is 109 cm³/mol. The van der Waals surface area contributed by atoms with Gasteiger partial charge in [0.25, 0.3) is 5.91 Å². The van der Waals surface area contributed by atoms with Crippen molar-refractivity contribution >= 4 is 23.5 Å². The molecule has 1 amide bonds. The Morgan fingerprint density at radius 1 is 1.14 bits per heavy atom. The number of hydrogen-bond donors (Lipinski definition) is 0. The fourth-order valence-corrected chi connectivity index (χ4v) is 4.02. The number of piperidine rings is 1. The van der Waals surface area contributed by atoms with Crippen molar-refractivity contribution < 1.29 is 9.53 Å². The van der Waals surface area contributed by atoms with Gasteiger partial charge in [-0.05, 0) is 37.8 Å². The van der Waals surface area contributed by atoms with Gasteiger partial charge in [-0.2, -0.15) is 0 Å². The number of ether oxygens (including phenoxy) is 1. The summed E-state index contributed by atoms with van der Waals surface area (Å²) in [7, 11) is 0. The Morgan fingerprint density at radius 3 is 2.71 bits per heavy atom. The number of para-hydroxylation sites is 1. The van der Waals surface area contributed by atoms with Crippen molar-refractivity contribution in [1.29, 1.82) is 0 Å². The minimum atomic E-state index is -0.114. The van der Waals surface area contributed by atoms with Crippen molar-refractivity contribution in [2.45, 2.75) is 25.7 Å². The van der Waals surface area contributed by atoms with Crippen LogP contribution in [0, 0.1) is 5.92 Å². The number of rotatable bonds is 5. The molecule has 148 valence electrons. The molecule has 28 heavy (non-hydrogen) atoms. The lowest BCUT2D eigenvalue weighted by Gasteiger charge is -2.32. The Kier molecular flexibility index (Phi) is 5.95. The van der Waals surface area contributed by atoms with E-state index in [1.807, 2.05) is 35.2 Å². The van der Waals surface area contributed by atoms with Crippen LogP contribution in [0.3, 0.4) is 0 Å². The molecule has 1 aromatic heterocycles. The molecular weight excluding hydrogens is 376 g/mol. The number of nitrogens with zero attached hydrogens (tertiary/aromatic N) is 4. The number of halogens is 1. The maximum absolute atomic E-state index is 13.1. The van der Waals surface area contributed by atoms with E-state index >= 15 is 0 Å². The van der Waals surface area contributed by atoms with Gasteiger partial charge in [0.2, 0.25) is 5.95 Å². The second-order valence-corrected chi connectivity index (χ2v) is 7.85. The molecule has 0 saturated carbocycles. The normalized spacial score (nSPS) is 19.7. The molecular formula is C21H25ClN4O2. The van der Waals surface area contributed by atoms with E-state index in [-0.39, 0.29) is 5.91 Å². The molecule has 2 aromatic rings. The Morgan fingerprint density at radius 2 is 1.93 bits per heavy atom. The van der Waals surface area contributed by atoms with Gasteiger partial charge in [-0.15, -0.1) is 0 Å². The molecule has 4 rings (SSSR count). The van der Waals surface area contributed by atoms with Crippen LogP contribution >= 0.6 is 11.6 Å². The van der Waals surface area contributed by atoms with Crippen LogP contribution in [0.5, 0.6) is 5.75 Å². The van der Waals surface area contributed by atoms with E-state index in [9.17, 15) is 4.79 Å². The third-order valence-electron chi connectivity index (χ3n) is 5.36. The largest absolute Gasteiger partial charge is 0.493 e. The minimum absolute atomic E-state index is 0.114. The summed E-state index contributed by atoms with van der Waals surface area (Å²) in [6, 6.07) is 9.79. The zero-order valence-electron chi connectivity index (χ0n) is 15.9. The number of carbonyl (C=O) groups is 1. The maximum Gasteiger partial charge on any atom is 0.274 e. The predicted octanol–water partition coefficient (Wildman–Crippen LogP) is 3.66. The number of aromatic nitrogens is 2. The molecule has 6 nitrogen and oxygen atoms in total. The van der Waals surface area contributed by atoms with E-state index in [2.05, 4.69) is 14.9 Å². The topological polar surface area (TPSA) is 58.6 Å². The zero-order chi connectivity index (χ0) is 19.3. The molecule has 0 radical (unpaired) electrons. The molecule has 0 bridgehead atoms. The van der Waals surface area contributed by atoms with Gasteiger partial charge >= 0.3 is 0 Å². The minimum Gasteiger partial charge on any atom is -0.493 e. The Balaban J connectivity index is 1.41. The van der Waals surface area contributed by atoms with E-state index in [1.165, 1.54) is 0 Å². The Bertz CT molecular complexity index is 811. The van der Waals surface area contributed by atoms with Crippen molar-refractivity contribution in [3.8, 4) is 5.75 Å². The third-order valence-corrected chi connectivity index (χ3v) is 5.63. The zero-order valence-corrected chi connectivity index (χ0v) is 16.6. The van der Waals surface area contributed by atoms with E-state index in [4.69, 9.17) is 16.3 Å². The summed E-state index contributed by atoms with van der Waals surface area (Å²) < 4.78 is 5.89. The van der Waals surface area contributed by atoms with Gasteiger partial charge in [0.05, 0.1) is 17.8 Å². The van der Waals surface area contributed by atoms with Gasteiger partial charge in [0.1, 0.15) is 5.75 Å². The van der Waals surface area contributed by atoms with E-state index in [0.29, 0.717) is 35.7 Å². The average Bonchev–Trinajstić information content (AvgIpc) is 3.28. The number of amides is 1. The highest BCUT2D eigenvalue weighted by Crippen LogP contribution is 2.24. The number of carbonyl (C=O) groups excluding carboxylic acids is 1. The number of benzene rings is 1. The molecule has 0 aliphatic carbocycles. The van der Waals surface area contributed by atoms with Crippen LogP contribution in [-0.4, -0.2) is 53.6 Å². The average molecular weight is 401 g/mol. The first-order valence-electron chi connectivity index (χ1n) is 9.95. The highest BCUT2D eigenvalue weighted by Gasteiger charge is 2.28. The molecule has 2 aliphatic rings. The van der Waals surface area contributed by atoms with Crippen molar-refractivity contribution in [3.05, 3.63) is 47.2 Å². The molecule has 2 saturated heterocycles. The van der Waals surface area contributed by atoms with Crippen LogP contribution in [0.4, 0.5) is 5.95 Å². The summed E-state index contributed by atoms with van der Waals surface area (Å²) in [5.74, 6) is 1.65. The van der Waals surface area contributed by atoms with Crippen LogP contribution in [0.1, 0.15) is 36.2 Å². The standard InChI is InChI=1S/C21H25ClN4O2/c22-18-13-23-21(25-10-4-5-11-25)24-19(18)20(27)26-12-6-7-16(14-26)15-28-17-8-2-1-3-9-17/h1-3,8-9,13,16H,4-7,10-12,14-15H2. The van der Waals surface area contributed by atoms with Crippen molar-refractivity contribution in [2.75, 3.05) is 37.7 Å². The van der Waals surface area contributed by atoms with Crippen molar-refractivity contribution in [3.63, 3.8) is 0 Å². The van der Waals surface area contributed by atoms with Crippen LogP contribution in [0.25, 0.3) is 0 Å². The molecule has 0 spiro atoms. The van der Waals surface area contributed by atoms with E-state index in [1.54, 1.807) is 6.20 Å². The summed E-state index contributed by atoms with van der Waals surface area (Å²) in [6.45, 7) is 3.84. The Hall–Kier alpha value is -2.34. The fraction of sp³-hybridized carbons (Fsp3) is 0.476. The van der Waals surface area contributed by atoms with Crippen molar-refractivity contribution in [1.82, 2.24) is 14.9 Å². The summed E-state index contributed by atoms with van der Waals surface area (Å²) in [5.41, 5.74) is 0.309. The molecule has 2 fully saturated rings. The first-order chi connectivity index (χ1) is 13.7. The molecule has 3 heterocycles. The van der Waals surface area contributed by atoms with Gasteiger partial charge in [0.15, 0.2) is 5.69 Å². The van der Waals surface area contributed by atoms with Crippen LogP contribution < -0.4 is 9.64 Å². The number of hydrogen-bond acceptors (Lipinski definition) is 5. The first kappa shape index (κ1) is 19.0. The summed E-state index contributed by atoms with van der Waals surface area (Å²) in [6.07, 6.45) is 5.81. The van der Waals surface area contributed by atoms with Crippen LogP contribution in [0.15, 0.2) is 36.5 Å². The van der Waals surface area contributed by atoms with Gasteiger partial charge in [-0.25, -0.2) is 9.97 Å². The van der Waals surface area contributed by atoms with Crippen LogP contribution in [0.2, 0.25) is 5.02 Å². The maximum atomic E-state index is 13.1. The van der Waals surface area contributed by atoms with Gasteiger partial charge < -0.3 is 14.5 Å².